The van der Waals surface area contributed by atoms with E-state index in [4.69, 9.17) is 4.42 Å². The fourth-order valence-electron chi connectivity index (χ4n) is 2.99. The molecule has 136 valence electrons. The van der Waals surface area contributed by atoms with Gasteiger partial charge in [0.2, 0.25) is 26.6 Å². The van der Waals surface area contributed by atoms with Crippen LogP contribution in [0.5, 0.6) is 0 Å². The molecule has 4 aromatic rings. The Bertz CT molecular complexity index is 1210. The Labute approximate surface area is 157 Å². The second-order valence-electron chi connectivity index (χ2n) is 6.37. The maximum atomic E-state index is 13.1. The van der Waals surface area contributed by atoms with Gasteiger partial charge >= 0.3 is 0 Å². The summed E-state index contributed by atoms with van der Waals surface area (Å²) in [6.45, 7) is 0. The lowest BCUT2D eigenvalue weighted by atomic mass is 10.0. The average Bonchev–Trinajstić information content (AvgIpc) is 3.15. The maximum Gasteiger partial charge on any atom is 0.235 e. The summed E-state index contributed by atoms with van der Waals surface area (Å²) < 4.78 is 32.2. The number of hydrogen-bond acceptors (Lipinski definition) is 5. The summed E-state index contributed by atoms with van der Waals surface area (Å²) in [5.74, 6) is 0.492. The van der Waals surface area contributed by atoms with Crippen LogP contribution in [0.15, 0.2) is 87.1 Å². The van der Waals surface area contributed by atoms with E-state index in [1.807, 2.05) is 42.5 Å². The SMILES string of the molecule is CN(C)c1oc(-c2cccc3ccccc23)nc1S(=O)(=O)c1ccccc1. The topological polar surface area (TPSA) is 63.4 Å². The van der Waals surface area contributed by atoms with Crippen molar-refractivity contribution in [2.75, 3.05) is 19.0 Å². The number of hydrogen-bond donors (Lipinski definition) is 0. The number of oxazole rings is 1. The standard InChI is InChI=1S/C21H18N2O3S/c1-23(2)21-20(27(24,25)16-11-4-3-5-12-16)22-19(26-21)18-14-8-10-15-9-6-7-13-17(15)18/h3-14H,1-2H3. The zero-order valence-corrected chi connectivity index (χ0v) is 15.8. The summed E-state index contributed by atoms with van der Waals surface area (Å²) in [7, 11) is -0.335. The number of anilines is 1. The molecule has 0 bridgehead atoms. The van der Waals surface area contributed by atoms with Crippen LogP contribution in [-0.4, -0.2) is 27.5 Å². The van der Waals surface area contributed by atoms with Crippen molar-refractivity contribution in [2.24, 2.45) is 0 Å². The molecule has 1 aromatic heterocycles. The van der Waals surface area contributed by atoms with Gasteiger partial charge < -0.3 is 9.32 Å². The average molecular weight is 378 g/mol. The number of benzene rings is 3. The highest BCUT2D eigenvalue weighted by Gasteiger charge is 2.29. The molecular formula is C21H18N2O3S. The molecule has 27 heavy (non-hydrogen) atoms. The molecule has 0 aliphatic carbocycles. The van der Waals surface area contributed by atoms with Crippen LogP contribution in [0.2, 0.25) is 0 Å². The van der Waals surface area contributed by atoms with Crippen LogP contribution in [0.25, 0.3) is 22.2 Å². The molecule has 0 saturated carbocycles. The number of fused-ring (bicyclic) bond motifs is 1. The summed E-state index contributed by atoms with van der Waals surface area (Å²) in [4.78, 5) is 6.21. The minimum Gasteiger partial charge on any atom is -0.419 e. The fraction of sp³-hybridized carbons (Fsp3) is 0.0952. The van der Waals surface area contributed by atoms with E-state index in [2.05, 4.69) is 4.98 Å². The summed E-state index contributed by atoms with van der Waals surface area (Å²) in [6.07, 6.45) is 0. The first kappa shape index (κ1) is 17.3. The fourth-order valence-corrected chi connectivity index (χ4v) is 4.39. The number of aromatic nitrogens is 1. The molecule has 5 nitrogen and oxygen atoms in total. The van der Waals surface area contributed by atoms with E-state index in [0.717, 1.165) is 16.3 Å². The van der Waals surface area contributed by atoms with Gasteiger partial charge in [0.15, 0.2) is 0 Å². The normalized spacial score (nSPS) is 11.6. The van der Waals surface area contributed by atoms with Crippen molar-refractivity contribution in [3.05, 3.63) is 72.8 Å². The van der Waals surface area contributed by atoms with E-state index in [9.17, 15) is 8.42 Å². The first-order chi connectivity index (χ1) is 13.0. The van der Waals surface area contributed by atoms with Crippen LogP contribution in [0.1, 0.15) is 0 Å². The van der Waals surface area contributed by atoms with Gasteiger partial charge in [-0.1, -0.05) is 54.6 Å². The predicted octanol–water partition coefficient (Wildman–Crippen LogP) is 4.39. The number of rotatable bonds is 4. The lowest BCUT2D eigenvalue weighted by Gasteiger charge is -2.10. The summed E-state index contributed by atoms with van der Waals surface area (Å²) in [6, 6.07) is 21.9. The van der Waals surface area contributed by atoms with E-state index >= 15 is 0 Å². The monoisotopic (exact) mass is 378 g/mol. The van der Waals surface area contributed by atoms with Crippen molar-refractivity contribution in [1.29, 1.82) is 0 Å². The third kappa shape index (κ3) is 2.98. The molecule has 6 heteroatoms. The van der Waals surface area contributed by atoms with Crippen molar-refractivity contribution in [1.82, 2.24) is 4.98 Å². The van der Waals surface area contributed by atoms with Gasteiger partial charge in [-0.25, -0.2) is 8.42 Å². The highest BCUT2D eigenvalue weighted by atomic mass is 32.2. The Hall–Kier alpha value is -3.12. The van der Waals surface area contributed by atoms with E-state index < -0.39 is 9.84 Å². The van der Waals surface area contributed by atoms with Crippen molar-refractivity contribution < 1.29 is 12.8 Å². The highest BCUT2D eigenvalue weighted by molar-refractivity contribution is 7.91. The molecule has 4 rings (SSSR count). The quantitative estimate of drug-likeness (QED) is 0.527. The van der Waals surface area contributed by atoms with Gasteiger partial charge in [-0.3, -0.25) is 0 Å². The Balaban J connectivity index is 1.94. The van der Waals surface area contributed by atoms with Crippen LogP contribution in [0.4, 0.5) is 5.88 Å². The van der Waals surface area contributed by atoms with E-state index in [1.54, 1.807) is 49.3 Å². The molecule has 3 aromatic carbocycles. The Morgan fingerprint density at radius 2 is 1.52 bits per heavy atom. The molecule has 0 radical (unpaired) electrons. The minimum absolute atomic E-state index is 0.0818. The molecule has 0 fully saturated rings. The van der Waals surface area contributed by atoms with Crippen LogP contribution < -0.4 is 4.90 Å². The third-order valence-electron chi connectivity index (χ3n) is 4.31. The maximum absolute atomic E-state index is 13.1. The molecule has 0 N–H and O–H groups in total. The molecule has 0 spiro atoms. The summed E-state index contributed by atoms with van der Waals surface area (Å²) in [5.41, 5.74) is 0.755. The first-order valence-electron chi connectivity index (χ1n) is 8.45. The molecule has 0 unspecified atom stereocenters. The van der Waals surface area contributed by atoms with Crippen molar-refractivity contribution in [2.45, 2.75) is 9.92 Å². The van der Waals surface area contributed by atoms with Gasteiger partial charge in [0.1, 0.15) is 0 Å². The van der Waals surface area contributed by atoms with Crippen LogP contribution >= 0.6 is 0 Å². The smallest absolute Gasteiger partial charge is 0.235 e. The molecule has 0 aliphatic rings. The lowest BCUT2D eigenvalue weighted by Crippen LogP contribution is -2.13. The lowest BCUT2D eigenvalue weighted by molar-refractivity contribution is 0.564. The molecule has 0 saturated heterocycles. The van der Waals surface area contributed by atoms with Crippen molar-refractivity contribution in [3.8, 4) is 11.5 Å². The molecule has 1 heterocycles. The van der Waals surface area contributed by atoms with Crippen LogP contribution in [-0.2, 0) is 9.84 Å². The minimum atomic E-state index is -3.80. The van der Waals surface area contributed by atoms with E-state index in [-0.39, 0.29) is 21.7 Å². The van der Waals surface area contributed by atoms with Gasteiger partial charge in [0.25, 0.3) is 0 Å². The van der Waals surface area contributed by atoms with Gasteiger partial charge in [0, 0.05) is 19.7 Å². The molecule has 0 aliphatic heterocycles. The summed E-state index contributed by atoms with van der Waals surface area (Å²) in [5, 5.41) is 1.91. The van der Waals surface area contributed by atoms with Crippen LogP contribution in [0, 0.1) is 0 Å². The van der Waals surface area contributed by atoms with Crippen molar-refractivity contribution >= 4 is 26.5 Å². The van der Waals surface area contributed by atoms with Gasteiger partial charge in [-0.2, -0.15) is 4.98 Å². The Kier molecular flexibility index (Phi) is 4.20. The number of sulfone groups is 1. The van der Waals surface area contributed by atoms with Crippen molar-refractivity contribution in [3.63, 3.8) is 0 Å². The summed E-state index contributed by atoms with van der Waals surface area (Å²) >= 11 is 0. The molecule has 0 amide bonds. The van der Waals surface area contributed by atoms with Gasteiger partial charge in [-0.05, 0) is 29.0 Å². The second kappa shape index (κ2) is 6.55. The second-order valence-corrected chi connectivity index (χ2v) is 8.23. The molecule has 0 atom stereocenters. The third-order valence-corrected chi connectivity index (χ3v) is 5.98. The zero-order valence-electron chi connectivity index (χ0n) is 15.0. The zero-order chi connectivity index (χ0) is 19.0. The van der Waals surface area contributed by atoms with Gasteiger partial charge in [0.05, 0.1) is 4.90 Å². The van der Waals surface area contributed by atoms with E-state index in [0.29, 0.717) is 0 Å². The van der Waals surface area contributed by atoms with Gasteiger partial charge in [-0.15, -0.1) is 0 Å². The Morgan fingerprint density at radius 3 is 2.26 bits per heavy atom. The largest absolute Gasteiger partial charge is 0.419 e. The molecular weight excluding hydrogens is 360 g/mol. The number of nitrogens with zero attached hydrogens (tertiary/aromatic N) is 2. The Morgan fingerprint density at radius 1 is 0.852 bits per heavy atom. The first-order valence-corrected chi connectivity index (χ1v) is 9.93. The van der Waals surface area contributed by atoms with E-state index in [1.165, 1.54) is 0 Å². The van der Waals surface area contributed by atoms with Crippen LogP contribution in [0.3, 0.4) is 0 Å². The predicted molar refractivity (Wildman–Crippen MR) is 106 cm³/mol. The highest BCUT2D eigenvalue weighted by Crippen LogP contribution is 2.36.